The highest BCUT2D eigenvalue weighted by molar-refractivity contribution is 8.00. The molecule has 0 aliphatic carbocycles. The van der Waals surface area contributed by atoms with Crippen LogP contribution in [0.3, 0.4) is 0 Å². The molecule has 4 unspecified atom stereocenters. The van der Waals surface area contributed by atoms with Crippen molar-refractivity contribution in [2.45, 2.75) is 28.8 Å². The number of thioether (sulfide) groups is 1. The Bertz CT molecular complexity index is 477. The molecule has 0 aromatic carbocycles. The molecular formula is C9H10N2O4S. The fraction of sp³-hybridized carbons (Fsp3) is 0.556. The number of hydrogen-bond donors (Lipinski definition) is 2. The number of aromatic nitrogens is 2. The third-order valence-corrected chi connectivity index (χ3v) is 4.11. The summed E-state index contributed by atoms with van der Waals surface area (Å²) in [5.74, 6) is 0. The van der Waals surface area contributed by atoms with Crippen LogP contribution in [0.25, 0.3) is 0 Å². The minimum absolute atomic E-state index is 0.202. The molecule has 3 rings (SSSR count). The van der Waals surface area contributed by atoms with Crippen LogP contribution >= 0.6 is 11.8 Å². The number of aliphatic hydroxyl groups excluding tert-OH is 2. The van der Waals surface area contributed by atoms with Crippen molar-refractivity contribution in [3.05, 3.63) is 22.6 Å². The van der Waals surface area contributed by atoms with Gasteiger partial charge in [0, 0.05) is 12.3 Å². The zero-order chi connectivity index (χ0) is 11.3. The van der Waals surface area contributed by atoms with Crippen molar-refractivity contribution in [1.82, 2.24) is 9.55 Å². The van der Waals surface area contributed by atoms with E-state index in [1.165, 1.54) is 17.8 Å². The summed E-state index contributed by atoms with van der Waals surface area (Å²) < 4.78 is 7.23. The lowest BCUT2D eigenvalue weighted by atomic mass is 10.2. The van der Waals surface area contributed by atoms with Crippen molar-refractivity contribution in [2.24, 2.45) is 0 Å². The summed E-state index contributed by atoms with van der Waals surface area (Å²) in [7, 11) is 0. The summed E-state index contributed by atoms with van der Waals surface area (Å²) in [6, 6.07) is 1.36. The maximum absolute atomic E-state index is 11.1. The second kappa shape index (κ2) is 3.56. The molecule has 7 heteroatoms. The van der Waals surface area contributed by atoms with Crippen LogP contribution in [0.4, 0.5) is 0 Å². The highest BCUT2D eigenvalue weighted by Gasteiger charge is 2.49. The van der Waals surface area contributed by atoms with Gasteiger partial charge < -0.3 is 14.9 Å². The molecule has 1 aromatic heterocycles. The first-order chi connectivity index (χ1) is 7.70. The van der Waals surface area contributed by atoms with Gasteiger partial charge in [0.15, 0.2) is 11.4 Å². The van der Waals surface area contributed by atoms with Crippen molar-refractivity contribution in [2.75, 3.05) is 6.61 Å². The Morgan fingerprint density at radius 2 is 2.44 bits per heavy atom. The lowest BCUT2D eigenvalue weighted by Gasteiger charge is -2.13. The smallest absolute Gasteiger partial charge is 0.273 e. The molecular weight excluding hydrogens is 232 g/mol. The average molecular weight is 242 g/mol. The number of rotatable bonds is 1. The van der Waals surface area contributed by atoms with Gasteiger partial charge in [-0.3, -0.25) is 9.36 Å². The molecule has 1 fully saturated rings. The van der Waals surface area contributed by atoms with Crippen LogP contribution in [-0.4, -0.2) is 43.8 Å². The number of fused-ring (bicyclic) bond motifs is 3. The fourth-order valence-electron chi connectivity index (χ4n) is 2.02. The second-order valence-corrected chi connectivity index (χ2v) is 4.92. The van der Waals surface area contributed by atoms with Gasteiger partial charge in [0.2, 0.25) is 0 Å². The van der Waals surface area contributed by atoms with Gasteiger partial charge in [-0.05, 0) is 0 Å². The van der Waals surface area contributed by atoms with E-state index in [1.807, 2.05) is 0 Å². The third kappa shape index (κ3) is 1.32. The molecule has 2 aliphatic rings. The largest absolute Gasteiger partial charge is 0.394 e. The molecule has 1 saturated heterocycles. The van der Waals surface area contributed by atoms with E-state index in [4.69, 9.17) is 9.84 Å². The molecule has 0 radical (unpaired) electrons. The van der Waals surface area contributed by atoms with E-state index < -0.39 is 12.2 Å². The molecule has 0 saturated carbocycles. The molecule has 6 nitrogen and oxygen atoms in total. The summed E-state index contributed by atoms with van der Waals surface area (Å²) in [5, 5.41) is 19.2. The summed E-state index contributed by atoms with van der Waals surface area (Å²) in [6.45, 7) is -0.211. The molecule has 1 aromatic rings. The topological polar surface area (TPSA) is 84.6 Å². The minimum atomic E-state index is -0.739. The Morgan fingerprint density at radius 3 is 3.19 bits per heavy atom. The fourth-order valence-corrected chi connectivity index (χ4v) is 3.32. The Hall–Kier alpha value is -0.890. The Kier molecular flexibility index (Phi) is 2.28. The van der Waals surface area contributed by atoms with Crippen LogP contribution in [0.5, 0.6) is 0 Å². The van der Waals surface area contributed by atoms with Gasteiger partial charge in [0.25, 0.3) is 5.56 Å². The van der Waals surface area contributed by atoms with Gasteiger partial charge in [-0.15, -0.1) is 0 Å². The maximum Gasteiger partial charge on any atom is 0.273 e. The summed E-state index contributed by atoms with van der Waals surface area (Å²) in [4.78, 5) is 14.9. The van der Waals surface area contributed by atoms with Crippen molar-refractivity contribution in [3.63, 3.8) is 0 Å². The molecule has 2 N–H and O–H groups in total. The van der Waals surface area contributed by atoms with E-state index in [-0.39, 0.29) is 23.6 Å². The first-order valence-corrected chi connectivity index (χ1v) is 5.79. The number of nitrogens with zero attached hydrogens (tertiary/aromatic N) is 2. The highest BCUT2D eigenvalue weighted by atomic mass is 32.2. The zero-order valence-electron chi connectivity index (χ0n) is 8.18. The van der Waals surface area contributed by atoms with Gasteiger partial charge in [0.1, 0.15) is 6.10 Å². The maximum atomic E-state index is 11.1. The van der Waals surface area contributed by atoms with Gasteiger partial charge in [-0.2, -0.15) is 4.98 Å². The Morgan fingerprint density at radius 1 is 1.62 bits per heavy atom. The predicted molar refractivity (Wildman–Crippen MR) is 55.1 cm³/mol. The van der Waals surface area contributed by atoms with Crippen molar-refractivity contribution in [3.8, 4) is 0 Å². The zero-order valence-corrected chi connectivity index (χ0v) is 9.00. The van der Waals surface area contributed by atoms with Crippen molar-refractivity contribution >= 4 is 11.8 Å². The highest BCUT2D eigenvalue weighted by Crippen LogP contribution is 2.46. The van der Waals surface area contributed by atoms with E-state index in [0.29, 0.717) is 5.16 Å². The number of hydrogen-bond acceptors (Lipinski definition) is 6. The van der Waals surface area contributed by atoms with Gasteiger partial charge >= 0.3 is 0 Å². The van der Waals surface area contributed by atoms with Gasteiger partial charge in [0.05, 0.1) is 18.0 Å². The van der Waals surface area contributed by atoms with Crippen LogP contribution in [-0.2, 0) is 4.74 Å². The minimum Gasteiger partial charge on any atom is -0.394 e. The van der Waals surface area contributed by atoms with Crippen LogP contribution in [0.15, 0.2) is 22.2 Å². The predicted octanol–water partition coefficient (Wildman–Crippen LogP) is -1.03. The van der Waals surface area contributed by atoms with E-state index in [1.54, 1.807) is 10.8 Å². The first kappa shape index (κ1) is 10.3. The van der Waals surface area contributed by atoms with E-state index in [2.05, 4.69) is 4.98 Å². The molecule has 16 heavy (non-hydrogen) atoms. The molecule has 2 aliphatic heterocycles. The van der Waals surface area contributed by atoms with Crippen LogP contribution in [0.2, 0.25) is 0 Å². The third-order valence-electron chi connectivity index (χ3n) is 2.81. The van der Waals surface area contributed by atoms with E-state index >= 15 is 0 Å². The Labute approximate surface area is 94.9 Å². The van der Waals surface area contributed by atoms with Crippen molar-refractivity contribution < 1.29 is 14.9 Å². The number of ether oxygens (including phenoxy) is 1. The number of aliphatic hydroxyl groups is 2. The quantitative estimate of drug-likeness (QED) is 0.612. The first-order valence-electron chi connectivity index (χ1n) is 4.91. The van der Waals surface area contributed by atoms with Gasteiger partial charge in [-0.1, -0.05) is 11.8 Å². The molecule has 0 bridgehead atoms. The Balaban J connectivity index is 1.99. The van der Waals surface area contributed by atoms with Gasteiger partial charge in [-0.25, -0.2) is 0 Å². The van der Waals surface area contributed by atoms with E-state index in [9.17, 15) is 9.90 Å². The lowest BCUT2D eigenvalue weighted by Crippen LogP contribution is -2.30. The van der Waals surface area contributed by atoms with Crippen LogP contribution in [0, 0.1) is 0 Å². The normalized spacial score (nSPS) is 36.1. The van der Waals surface area contributed by atoms with Crippen LogP contribution in [0.1, 0.15) is 6.23 Å². The monoisotopic (exact) mass is 242 g/mol. The van der Waals surface area contributed by atoms with Crippen LogP contribution < -0.4 is 5.56 Å². The summed E-state index contributed by atoms with van der Waals surface area (Å²) >= 11 is 1.31. The average Bonchev–Trinajstić information content (AvgIpc) is 2.75. The molecule has 86 valence electrons. The van der Waals surface area contributed by atoms with E-state index in [0.717, 1.165) is 0 Å². The summed E-state index contributed by atoms with van der Waals surface area (Å²) in [6.07, 6.45) is -0.0402. The molecule has 4 atom stereocenters. The molecule has 3 heterocycles. The SMILES string of the molecule is O=c1ccn2c(n1)SC1C(O)C(CO)OC12. The summed E-state index contributed by atoms with van der Waals surface area (Å²) in [5.41, 5.74) is -0.299. The second-order valence-electron chi connectivity index (χ2n) is 3.78. The molecule has 0 amide bonds. The lowest BCUT2D eigenvalue weighted by molar-refractivity contribution is -0.0467. The standard InChI is InChI=1S/C9H10N2O4S/c12-3-4-6(14)7-8(15-4)11-2-1-5(13)10-9(11)16-7/h1-2,4,6-8,12,14H,3H2. The molecule has 0 spiro atoms. The van der Waals surface area contributed by atoms with Crippen molar-refractivity contribution in [1.29, 1.82) is 0 Å².